The van der Waals surface area contributed by atoms with Crippen LogP contribution in [0.5, 0.6) is 5.75 Å². The van der Waals surface area contributed by atoms with E-state index in [4.69, 9.17) is 9.47 Å². The van der Waals surface area contributed by atoms with Crippen molar-refractivity contribution in [1.29, 1.82) is 0 Å². The van der Waals surface area contributed by atoms with Gasteiger partial charge in [-0.15, -0.1) is 0 Å². The summed E-state index contributed by atoms with van der Waals surface area (Å²) in [4.78, 5) is 28.1. The number of piperidine rings is 1. The van der Waals surface area contributed by atoms with Crippen molar-refractivity contribution in [3.63, 3.8) is 0 Å². The molecule has 6 nitrogen and oxygen atoms in total. The van der Waals surface area contributed by atoms with Crippen LogP contribution in [0, 0.1) is 5.92 Å². The van der Waals surface area contributed by atoms with E-state index in [9.17, 15) is 9.59 Å². The lowest BCUT2D eigenvalue weighted by atomic mass is 9.99. The van der Waals surface area contributed by atoms with Crippen LogP contribution in [0.1, 0.15) is 36.5 Å². The molecule has 26 heavy (non-hydrogen) atoms. The Bertz CT molecular complexity index is 611. The van der Waals surface area contributed by atoms with E-state index in [2.05, 4.69) is 0 Å². The Morgan fingerprint density at radius 3 is 2.54 bits per heavy atom. The number of nitrogens with zero attached hydrogens (tertiary/aromatic N) is 2. The minimum Gasteiger partial charge on any atom is -0.493 e. The Labute approximate surface area is 155 Å². The first kappa shape index (κ1) is 18.7. The first-order valence-electron chi connectivity index (χ1n) is 9.55. The van der Waals surface area contributed by atoms with Gasteiger partial charge in [0.25, 0.3) is 5.91 Å². The fraction of sp³-hybridized carbons (Fsp3) is 0.600. The average molecular weight is 360 g/mol. The van der Waals surface area contributed by atoms with E-state index in [1.165, 1.54) is 0 Å². The van der Waals surface area contributed by atoms with Crippen LogP contribution in [0.15, 0.2) is 24.3 Å². The van der Waals surface area contributed by atoms with Crippen LogP contribution in [0.2, 0.25) is 0 Å². The summed E-state index contributed by atoms with van der Waals surface area (Å²) in [6.45, 7) is 6.64. The maximum absolute atomic E-state index is 12.4. The van der Waals surface area contributed by atoms with Gasteiger partial charge in [-0.2, -0.15) is 0 Å². The molecule has 1 aromatic carbocycles. The van der Waals surface area contributed by atoms with Gasteiger partial charge in [0.15, 0.2) is 0 Å². The molecule has 2 aliphatic rings. The van der Waals surface area contributed by atoms with Gasteiger partial charge < -0.3 is 19.3 Å². The van der Waals surface area contributed by atoms with Crippen molar-refractivity contribution in [3.8, 4) is 5.75 Å². The summed E-state index contributed by atoms with van der Waals surface area (Å²) in [5.74, 6) is 1.40. The number of amides is 2. The minimum absolute atomic E-state index is 0.0425. The number of likely N-dealkylation sites (tertiary alicyclic amines) is 1. The van der Waals surface area contributed by atoms with Crippen molar-refractivity contribution in [2.75, 3.05) is 46.0 Å². The van der Waals surface area contributed by atoms with Gasteiger partial charge in [0.1, 0.15) is 5.75 Å². The zero-order chi connectivity index (χ0) is 18.4. The van der Waals surface area contributed by atoms with Crippen LogP contribution >= 0.6 is 0 Å². The van der Waals surface area contributed by atoms with E-state index in [0.717, 1.165) is 31.7 Å². The van der Waals surface area contributed by atoms with Crippen LogP contribution in [0.3, 0.4) is 0 Å². The van der Waals surface area contributed by atoms with Gasteiger partial charge in [0.2, 0.25) is 5.91 Å². The van der Waals surface area contributed by atoms with E-state index >= 15 is 0 Å². The Balaban J connectivity index is 1.49. The van der Waals surface area contributed by atoms with Gasteiger partial charge in [-0.25, -0.2) is 0 Å². The summed E-state index contributed by atoms with van der Waals surface area (Å²) in [6, 6.07) is 7.35. The molecule has 2 fully saturated rings. The zero-order valence-corrected chi connectivity index (χ0v) is 15.5. The number of carbonyl (C=O) groups is 2. The third-order valence-electron chi connectivity index (χ3n) is 5.06. The molecule has 2 heterocycles. The minimum atomic E-state index is 0.0425. The van der Waals surface area contributed by atoms with E-state index < -0.39 is 0 Å². The number of carbonyl (C=O) groups excluding carboxylic acids is 2. The quantitative estimate of drug-likeness (QED) is 0.808. The second-order valence-corrected chi connectivity index (χ2v) is 6.94. The number of hydrogen-bond acceptors (Lipinski definition) is 4. The molecular formula is C20H28N2O4. The van der Waals surface area contributed by atoms with Crippen molar-refractivity contribution in [2.24, 2.45) is 5.92 Å². The van der Waals surface area contributed by atoms with Crippen LogP contribution in [0.25, 0.3) is 0 Å². The largest absolute Gasteiger partial charge is 0.493 e. The number of rotatable bonds is 5. The molecule has 0 radical (unpaired) electrons. The lowest BCUT2D eigenvalue weighted by molar-refractivity contribution is -0.132. The SMILES string of the molecule is CCC(=O)N1CCC[C@@H](COc2ccc(C(=O)N3CCOCC3)cc2)C1. The highest BCUT2D eigenvalue weighted by molar-refractivity contribution is 5.94. The van der Waals surface area contributed by atoms with Gasteiger partial charge in [-0.3, -0.25) is 9.59 Å². The van der Waals surface area contributed by atoms with Gasteiger partial charge in [0.05, 0.1) is 19.8 Å². The molecule has 3 rings (SSSR count). The lowest BCUT2D eigenvalue weighted by Gasteiger charge is -2.32. The first-order valence-corrected chi connectivity index (χ1v) is 9.55. The third-order valence-corrected chi connectivity index (χ3v) is 5.06. The average Bonchev–Trinajstić information content (AvgIpc) is 2.72. The van der Waals surface area contributed by atoms with Crippen molar-refractivity contribution < 1.29 is 19.1 Å². The predicted octanol–water partition coefficient (Wildman–Crippen LogP) is 2.19. The molecule has 2 saturated heterocycles. The molecule has 0 N–H and O–H groups in total. The van der Waals surface area contributed by atoms with Crippen LogP contribution in [-0.2, 0) is 9.53 Å². The van der Waals surface area contributed by atoms with Crippen molar-refractivity contribution in [3.05, 3.63) is 29.8 Å². The molecule has 0 bridgehead atoms. The van der Waals surface area contributed by atoms with Crippen molar-refractivity contribution >= 4 is 11.8 Å². The highest BCUT2D eigenvalue weighted by Crippen LogP contribution is 2.20. The van der Waals surface area contributed by atoms with Crippen LogP contribution < -0.4 is 4.74 Å². The van der Waals surface area contributed by atoms with Crippen molar-refractivity contribution in [1.82, 2.24) is 9.80 Å². The molecule has 0 saturated carbocycles. The predicted molar refractivity (Wildman–Crippen MR) is 98.3 cm³/mol. The molecule has 1 aromatic rings. The summed E-state index contributed by atoms with van der Waals surface area (Å²) in [6.07, 6.45) is 2.68. The second kappa shape index (κ2) is 9.03. The Kier molecular flexibility index (Phi) is 6.50. The molecule has 2 aliphatic heterocycles. The van der Waals surface area contributed by atoms with Gasteiger partial charge in [0, 0.05) is 44.1 Å². The molecule has 0 aromatic heterocycles. The summed E-state index contributed by atoms with van der Waals surface area (Å²) < 4.78 is 11.2. The molecule has 0 aliphatic carbocycles. The van der Waals surface area contributed by atoms with E-state index in [-0.39, 0.29) is 11.8 Å². The van der Waals surface area contributed by atoms with Gasteiger partial charge >= 0.3 is 0 Å². The topological polar surface area (TPSA) is 59.1 Å². The fourth-order valence-corrected chi connectivity index (χ4v) is 3.51. The Morgan fingerprint density at radius 2 is 1.85 bits per heavy atom. The molecule has 6 heteroatoms. The summed E-state index contributed by atoms with van der Waals surface area (Å²) in [7, 11) is 0. The molecule has 0 spiro atoms. The number of benzene rings is 1. The van der Waals surface area contributed by atoms with Crippen LogP contribution in [0.4, 0.5) is 0 Å². The second-order valence-electron chi connectivity index (χ2n) is 6.94. The van der Waals surface area contributed by atoms with E-state index in [1.54, 1.807) is 0 Å². The Hall–Kier alpha value is -2.08. The van der Waals surface area contributed by atoms with Gasteiger partial charge in [-0.1, -0.05) is 6.92 Å². The maximum Gasteiger partial charge on any atom is 0.254 e. The standard InChI is InChI=1S/C20H28N2O4/c1-2-19(23)22-9-3-4-16(14-22)15-26-18-7-5-17(6-8-18)20(24)21-10-12-25-13-11-21/h5-8,16H,2-4,9-15H2,1H3/t16-/m1/s1. The van der Waals surface area contributed by atoms with E-state index in [1.807, 2.05) is 41.0 Å². The molecule has 1 atom stereocenters. The molecule has 142 valence electrons. The highest BCUT2D eigenvalue weighted by atomic mass is 16.5. The zero-order valence-electron chi connectivity index (χ0n) is 15.5. The molecule has 2 amide bonds. The smallest absolute Gasteiger partial charge is 0.254 e. The van der Waals surface area contributed by atoms with Crippen molar-refractivity contribution in [2.45, 2.75) is 26.2 Å². The first-order chi connectivity index (χ1) is 12.7. The number of morpholine rings is 1. The molecule has 0 unspecified atom stereocenters. The monoisotopic (exact) mass is 360 g/mol. The fourth-order valence-electron chi connectivity index (χ4n) is 3.51. The van der Waals surface area contributed by atoms with Gasteiger partial charge in [-0.05, 0) is 37.1 Å². The maximum atomic E-state index is 12.4. The third kappa shape index (κ3) is 4.75. The van der Waals surface area contributed by atoms with E-state index in [0.29, 0.717) is 50.8 Å². The summed E-state index contributed by atoms with van der Waals surface area (Å²) >= 11 is 0. The van der Waals surface area contributed by atoms with Crippen LogP contribution in [-0.4, -0.2) is 67.6 Å². The summed E-state index contributed by atoms with van der Waals surface area (Å²) in [5, 5.41) is 0. The summed E-state index contributed by atoms with van der Waals surface area (Å²) in [5.41, 5.74) is 0.677. The number of hydrogen-bond donors (Lipinski definition) is 0. The highest BCUT2D eigenvalue weighted by Gasteiger charge is 2.23. The Morgan fingerprint density at radius 1 is 1.12 bits per heavy atom. The molecular weight excluding hydrogens is 332 g/mol. The lowest BCUT2D eigenvalue weighted by Crippen LogP contribution is -2.41. The normalized spacial score (nSPS) is 20.7. The number of ether oxygens (including phenoxy) is 2.